The van der Waals surface area contributed by atoms with Crippen molar-refractivity contribution < 1.29 is 14.3 Å². The maximum Gasteiger partial charge on any atom is 0.261 e. The van der Waals surface area contributed by atoms with Gasteiger partial charge in [0.05, 0.1) is 24.8 Å². The minimum Gasteiger partial charge on any atom is -0.493 e. The monoisotopic (exact) mass is 352 g/mol. The molecule has 0 saturated heterocycles. The summed E-state index contributed by atoms with van der Waals surface area (Å²) in [4.78, 5) is 14.4. The topological polar surface area (TPSA) is 62.6 Å². The quantitative estimate of drug-likeness (QED) is 0.759. The number of hydrogen-bond donors (Lipinski definition) is 0. The average molecular weight is 352 g/mol. The minimum absolute atomic E-state index is 0.0616. The third-order valence-corrected chi connectivity index (χ3v) is 4.32. The highest BCUT2D eigenvalue weighted by atomic mass is 16.5. The second-order valence-electron chi connectivity index (χ2n) is 6.03. The van der Waals surface area contributed by atoms with E-state index in [-0.39, 0.29) is 18.6 Å². The number of rotatable bonds is 7. The predicted octanol–water partition coefficient (Wildman–Crippen LogP) is 3.86. The fraction of sp³-hybridized carbons (Fsp3) is 0.333. The zero-order chi connectivity index (χ0) is 19.1. The summed E-state index contributed by atoms with van der Waals surface area (Å²) in [7, 11) is 1.58. The van der Waals surface area contributed by atoms with E-state index in [0.29, 0.717) is 23.6 Å². The lowest BCUT2D eigenvalue weighted by molar-refractivity contribution is -0.135. The van der Waals surface area contributed by atoms with Crippen molar-refractivity contribution >= 4 is 5.91 Å². The summed E-state index contributed by atoms with van der Waals surface area (Å²) in [6, 6.07) is 14.9. The van der Waals surface area contributed by atoms with Gasteiger partial charge in [-0.05, 0) is 56.2 Å². The molecular formula is C21H24N2O3. The van der Waals surface area contributed by atoms with Gasteiger partial charge in [-0.1, -0.05) is 18.2 Å². The van der Waals surface area contributed by atoms with Crippen molar-refractivity contribution in [3.8, 4) is 17.6 Å². The van der Waals surface area contributed by atoms with Crippen LogP contribution in [0.4, 0.5) is 0 Å². The van der Waals surface area contributed by atoms with Crippen molar-refractivity contribution in [3.05, 3.63) is 59.2 Å². The standard InChI is InChI=1S/C21H24N2O3/c1-5-23(16(3)18-9-7-17(13-22)8-10-18)21(24)14-26-19-11-6-15(2)12-20(19)25-4/h6-12,16H,5,14H2,1-4H3. The highest BCUT2D eigenvalue weighted by Crippen LogP contribution is 2.28. The van der Waals surface area contributed by atoms with Crippen LogP contribution >= 0.6 is 0 Å². The SMILES string of the molecule is CCN(C(=O)COc1ccc(C)cc1OC)C(C)c1ccc(C#N)cc1. The molecule has 0 fully saturated rings. The van der Waals surface area contributed by atoms with E-state index in [1.165, 1.54) is 0 Å². The van der Waals surface area contributed by atoms with Gasteiger partial charge in [-0.3, -0.25) is 4.79 Å². The first-order valence-electron chi connectivity index (χ1n) is 8.57. The Balaban J connectivity index is 2.07. The molecule has 26 heavy (non-hydrogen) atoms. The molecule has 5 heteroatoms. The summed E-state index contributed by atoms with van der Waals surface area (Å²) in [6.07, 6.45) is 0. The Labute approximate surface area is 154 Å². The second kappa shape index (κ2) is 8.91. The fourth-order valence-electron chi connectivity index (χ4n) is 2.80. The van der Waals surface area contributed by atoms with Gasteiger partial charge in [0, 0.05) is 6.54 Å². The molecule has 136 valence electrons. The molecule has 0 aliphatic rings. The Morgan fingerprint density at radius 3 is 2.46 bits per heavy atom. The molecule has 0 aromatic heterocycles. The first kappa shape index (κ1) is 19.3. The van der Waals surface area contributed by atoms with E-state index in [1.807, 2.05) is 51.1 Å². The molecular weight excluding hydrogens is 328 g/mol. The maximum atomic E-state index is 12.7. The number of methoxy groups -OCH3 is 1. The van der Waals surface area contributed by atoms with Crippen molar-refractivity contribution in [3.63, 3.8) is 0 Å². The number of amides is 1. The second-order valence-corrected chi connectivity index (χ2v) is 6.03. The third kappa shape index (κ3) is 4.54. The van der Waals surface area contributed by atoms with Crippen molar-refractivity contribution in [1.29, 1.82) is 5.26 Å². The van der Waals surface area contributed by atoms with E-state index in [9.17, 15) is 4.79 Å². The number of aryl methyl sites for hydroxylation is 1. The zero-order valence-electron chi connectivity index (χ0n) is 15.7. The first-order valence-corrected chi connectivity index (χ1v) is 8.57. The lowest BCUT2D eigenvalue weighted by Crippen LogP contribution is -2.36. The highest BCUT2D eigenvalue weighted by Gasteiger charge is 2.21. The van der Waals surface area contributed by atoms with Gasteiger partial charge in [-0.25, -0.2) is 0 Å². The Bertz CT molecular complexity index is 794. The number of likely N-dealkylation sites (N-methyl/N-ethyl adjacent to an activating group) is 1. The van der Waals surface area contributed by atoms with Crippen LogP contribution in [0.2, 0.25) is 0 Å². The smallest absolute Gasteiger partial charge is 0.261 e. The summed E-state index contributed by atoms with van der Waals surface area (Å²) < 4.78 is 11.0. The molecule has 0 aliphatic heterocycles. The number of nitriles is 1. The zero-order valence-corrected chi connectivity index (χ0v) is 15.7. The normalized spacial score (nSPS) is 11.3. The third-order valence-electron chi connectivity index (χ3n) is 4.32. The summed E-state index contributed by atoms with van der Waals surface area (Å²) >= 11 is 0. The Morgan fingerprint density at radius 1 is 1.19 bits per heavy atom. The van der Waals surface area contributed by atoms with Crippen LogP contribution in [0, 0.1) is 18.3 Å². The molecule has 1 amide bonds. The molecule has 0 N–H and O–H groups in total. The Morgan fingerprint density at radius 2 is 1.88 bits per heavy atom. The van der Waals surface area contributed by atoms with Crippen LogP contribution in [0.1, 0.15) is 36.6 Å². The van der Waals surface area contributed by atoms with Gasteiger partial charge in [0.15, 0.2) is 18.1 Å². The van der Waals surface area contributed by atoms with Crippen LogP contribution in [-0.2, 0) is 4.79 Å². The van der Waals surface area contributed by atoms with Gasteiger partial charge in [0.1, 0.15) is 0 Å². The van der Waals surface area contributed by atoms with Gasteiger partial charge >= 0.3 is 0 Å². The maximum absolute atomic E-state index is 12.7. The van der Waals surface area contributed by atoms with Crippen molar-refractivity contribution in [2.24, 2.45) is 0 Å². The molecule has 0 heterocycles. The van der Waals surface area contributed by atoms with E-state index < -0.39 is 0 Å². The summed E-state index contributed by atoms with van der Waals surface area (Å²) in [5.74, 6) is 1.06. The van der Waals surface area contributed by atoms with E-state index in [1.54, 1.807) is 24.1 Å². The molecule has 2 rings (SSSR count). The molecule has 0 spiro atoms. The number of carbonyl (C=O) groups is 1. The van der Waals surface area contributed by atoms with Crippen LogP contribution in [0.15, 0.2) is 42.5 Å². The molecule has 2 aromatic rings. The van der Waals surface area contributed by atoms with E-state index in [0.717, 1.165) is 11.1 Å². The molecule has 0 saturated carbocycles. The van der Waals surface area contributed by atoms with Crippen LogP contribution in [0.5, 0.6) is 11.5 Å². The molecule has 1 atom stereocenters. The largest absolute Gasteiger partial charge is 0.493 e. The van der Waals surface area contributed by atoms with Crippen LogP contribution < -0.4 is 9.47 Å². The lowest BCUT2D eigenvalue weighted by Gasteiger charge is -2.28. The Hall–Kier alpha value is -3.00. The van der Waals surface area contributed by atoms with Gasteiger partial charge in [0.2, 0.25) is 0 Å². The van der Waals surface area contributed by atoms with E-state index in [4.69, 9.17) is 14.7 Å². The fourth-order valence-corrected chi connectivity index (χ4v) is 2.80. The number of carbonyl (C=O) groups excluding carboxylic acids is 1. The number of benzene rings is 2. The molecule has 1 unspecified atom stereocenters. The first-order chi connectivity index (χ1) is 12.5. The predicted molar refractivity (Wildman–Crippen MR) is 100 cm³/mol. The molecule has 2 aromatic carbocycles. The summed E-state index contributed by atoms with van der Waals surface area (Å²) in [5, 5.41) is 8.91. The van der Waals surface area contributed by atoms with E-state index in [2.05, 4.69) is 6.07 Å². The van der Waals surface area contributed by atoms with Gasteiger partial charge in [0.25, 0.3) is 5.91 Å². The van der Waals surface area contributed by atoms with Gasteiger partial charge < -0.3 is 14.4 Å². The van der Waals surface area contributed by atoms with Gasteiger partial charge in [-0.2, -0.15) is 5.26 Å². The number of hydrogen-bond acceptors (Lipinski definition) is 4. The molecule has 0 bridgehead atoms. The van der Waals surface area contributed by atoms with E-state index >= 15 is 0 Å². The average Bonchev–Trinajstić information content (AvgIpc) is 2.67. The molecule has 0 aliphatic carbocycles. The van der Waals surface area contributed by atoms with Crippen LogP contribution in [-0.4, -0.2) is 31.1 Å². The lowest BCUT2D eigenvalue weighted by atomic mass is 10.0. The Kier molecular flexibility index (Phi) is 6.62. The van der Waals surface area contributed by atoms with Gasteiger partial charge in [-0.15, -0.1) is 0 Å². The van der Waals surface area contributed by atoms with Crippen molar-refractivity contribution in [2.75, 3.05) is 20.3 Å². The highest BCUT2D eigenvalue weighted by molar-refractivity contribution is 5.78. The van der Waals surface area contributed by atoms with Crippen LogP contribution in [0.25, 0.3) is 0 Å². The summed E-state index contributed by atoms with van der Waals surface area (Å²) in [5.41, 5.74) is 2.64. The number of ether oxygens (including phenoxy) is 2. The summed E-state index contributed by atoms with van der Waals surface area (Å²) in [6.45, 7) is 6.37. The molecule has 5 nitrogen and oxygen atoms in total. The number of nitrogens with zero attached hydrogens (tertiary/aromatic N) is 2. The van der Waals surface area contributed by atoms with Crippen molar-refractivity contribution in [1.82, 2.24) is 4.90 Å². The van der Waals surface area contributed by atoms with Crippen molar-refractivity contribution in [2.45, 2.75) is 26.8 Å². The minimum atomic E-state index is -0.108. The van der Waals surface area contributed by atoms with Crippen LogP contribution in [0.3, 0.4) is 0 Å². The molecule has 0 radical (unpaired) electrons.